The molecule has 8 aromatic rings. The summed E-state index contributed by atoms with van der Waals surface area (Å²) < 4.78 is 48.4. The van der Waals surface area contributed by atoms with E-state index in [1.165, 1.54) is 17.8 Å². The van der Waals surface area contributed by atoms with Gasteiger partial charge in [0, 0.05) is 154 Å². The molecule has 3 saturated heterocycles. The van der Waals surface area contributed by atoms with Crippen molar-refractivity contribution in [2.24, 2.45) is 40.9 Å². The topological polar surface area (TPSA) is 413 Å². The second-order valence-electron chi connectivity index (χ2n) is 36.7. The Labute approximate surface area is 748 Å². The van der Waals surface area contributed by atoms with E-state index in [1.807, 2.05) is 44.0 Å². The molecule has 0 bridgehead atoms. The molecule has 8 aromatic heterocycles. The van der Waals surface area contributed by atoms with Crippen molar-refractivity contribution in [3.05, 3.63) is 140 Å². The van der Waals surface area contributed by atoms with Gasteiger partial charge < -0.3 is 82.1 Å². The molecule has 127 heavy (non-hydrogen) atoms. The summed E-state index contributed by atoms with van der Waals surface area (Å²) >= 11 is 1.48. The molecule has 6 N–H and O–H groups in total. The summed E-state index contributed by atoms with van der Waals surface area (Å²) in [5, 5.41) is 6.51. The first-order valence-corrected chi connectivity index (χ1v) is 45.9. The van der Waals surface area contributed by atoms with Gasteiger partial charge in [0.2, 0.25) is 0 Å². The molecule has 8 atom stereocenters. The zero-order chi connectivity index (χ0) is 90.8. The number of nitrogens with one attached hydrogen (secondary N) is 6. The maximum Gasteiger partial charge on any atom is 0.410 e. The van der Waals surface area contributed by atoms with Crippen LogP contribution in [0.5, 0.6) is 0 Å². The molecule has 0 spiro atoms. The van der Waals surface area contributed by atoms with Gasteiger partial charge in [-0.2, -0.15) is 0 Å². The average molecular weight is 1780 g/mol. The molecule has 17 heterocycles. The zero-order valence-electron chi connectivity index (χ0n) is 77.1. The molecule has 6 unspecified atom stereocenters. The lowest BCUT2D eigenvalue weighted by Crippen LogP contribution is -2.47. The number of thiazole rings is 1. The Morgan fingerprint density at radius 3 is 1.14 bits per heavy atom. The molecular weight excluding hydrogens is 1650 g/mol. The van der Waals surface area contributed by atoms with Crippen LogP contribution in [-0.2, 0) is 89.6 Å². The summed E-state index contributed by atoms with van der Waals surface area (Å²) in [5.41, 5.74) is 13.2. The summed E-state index contributed by atoms with van der Waals surface area (Å²) in [6, 6.07) is 1.99. The van der Waals surface area contributed by atoms with Crippen molar-refractivity contribution in [3.8, 4) is 0 Å². The number of carbonyl (C=O) groups is 6. The van der Waals surface area contributed by atoms with Gasteiger partial charge in [-0.1, -0.05) is 95.2 Å². The summed E-state index contributed by atoms with van der Waals surface area (Å²) in [5.74, 6) is 2.43. The van der Waals surface area contributed by atoms with E-state index in [0.717, 1.165) is 151 Å². The summed E-state index contributed by atoms with van der Waals surface area (Å²) in [7, 11) is 6.02. The second-order valence-corrected chi connectivity index (χ2v) is 37.7. The Bertz CT molecular complexity index is 4780. The highest BCUT2D eigenvalue weighted by atomic mass is 32.1. The van der Waals surface area contributed by atoms with E-state index in [-0.39, 0.29) is 109 Å². The standard InChI is InChI=1S/C16H26N4O2.C15H20N4O3.2C15H23N3O3.C14H18N4O2S.C14H24N4O2/c1-11(2)15-14-13(17-10-18-14)6-8-20(15)16(21)22-9-12-5-4-7-19(12)3;1-9(2)14-13-12(16-8-17-13)4-5-19(14)15(20)21-7-11-6-10(3)22-18-11;1-10(2)13-12-11(16-9-17-12)4-5-18(13)14(19)21-8-15(3)6-20-7-15;1-10(2)14-13-12(16-9-17-13)5-6-18(14)15(19)21-8-11-4-3-7-20-11;1-9(2)13-12-10(16-8-17-12)3-5-18(13)14(19)20-7-11-15-4-6-21-11;1-10(2)13-12-11(15-9-16-12)5-6-18(13)14(19)20-8-7-17(3)4/h10-12,15H,4-9H2,1-3H3,(H,17,18);6,8-9,14H,4-5,7H2,1-3H3,(H,16,17);9-10,13H,4-8H2,1-3H3,(H,16,17);9-11,14H,3-8H2,1-2H3,(H,16,17);4,6,8-9,13H,3,5,7H2,1-2H3,(H,16,17);9-10,13H,5-8H2,1-4H3,(H,15,16)/t12-,15?;;;11-,14?;;/m0..1../s1. The van der Waals surface area contributed by atoms with Crippen LogP contribution >= 0.6 is 11.3 Å². The molecule has 0 aromatic carbocycles. The molecule has 9 aliphatic heterocycles. The third-order valence-electron chi connectivity index (χ3n) is 24.5. The molecule has 9 aliphatic rings. The minimum absolute atomic E-state index is 0.00291. The van der Waals surface area contributed by atoms with Crippen LogP contribution < -0.4 is 0 Å². The third kappa shape index (κ3) is 24.1. The number of imidazole rings is 6. The van der Waals surface area contributed by atoms with Gasteiger partial charge in [0.05, 0.1) is 128 Å². The largest absolute Gasteiger partial charge is 0.449 e. The van der Waals surface area contributed by atoms with E-state index in [2.05, 4.69) is 172 Å². The van der Waals surface area contributed by atoms with Gasteiger partial charge in [-0.15, -0.1) is 11.3 Å². The number of amides is 6. The van der Waals surface area contributed by atoms with Crippen LogP contribution in [0.4, 0.5) is 28.8 Å². The van der Waals surface area contributed by atoms with Crippen LogP contribution in [-0.4, -0.2) is 278 Å². The lowest BCUT2D eigenvalue weighted by atomic mass is 9.90. The number of ether oxygens (including phenoxy) is 8. The van der Waals surface area contributed by atoms with Crippen LogP contribution in [0.3, 0.4) is 0 Å². The molecule has 6 amide bonds. The number of aromatic nitrogens is 14. The van der Waals surface area contributed by atoms with Crippen LogP contribution in [0, 0.1) is 47.8 Å². The van der Waals surface area contributed by atoms with E-state index >= 15 is 0 Å². The van der Waals surface area contributed by atoms with E-state index in [1.54, 1.807) is 67.0 Å². The Morgan fingerprint density at radius 2 is 0.835 bits per heavy atom. The zero-order valence-corrected chi connectivity index (χ0v) is 77.9. The quantitative estimate of drug-likeness (QED) is 0.0409. The molecule has 3 fully saturated rings. The predicted molar refractivity (Wildman–Crippen MR) is 471 cm³/mol. The third-order valence-corrected chi connectivity index (χ3v) is 25.3. The first kappa shape index (κ1) is 95.7. The number of aromatic amines is 6. The Balaban J connectivity index is 0.000000138. The number of carbonyl (C=O) groups excluding carboxylic acids is 6. The number of hydrogen-bond acceptors (Lipinski definition) is 26. The fourth-order valence-electron chi connectivity index (χ4n) is 18.1. The molecule has 17 rings (SSSR count). The van der Waals surface area contributed by atoms with Crippen molar-refractivity contribution in [2.45, 2.75) is 223 Å². The second kappa shape index (κ2) is 44.5. The monoisotopic (exact) mass is 1780 g/mol. The van der Waals surface area contributed by atoms with Gasteiger partial charge in [-0.05, 0) is 95.8 Å². The first-order chi connectivity index (χ1) is 61.0. The van der Waals surface area contributed by atoms with Crippen molar-refractivity contribution in [2.75, 3.05) is 120 Å². The van der Waals surface area contributed by atoms with Gasteiger partial charge >= 0.3 is 36.6 Å². The number of rotatable bonds is 19. The number of nitrogens with zero attached hydrogens (tertiary/aromatic N) is 16. The van der Waals surface area contributed by atoms with Gasteiger partial charge in [0.1, 0.15) is 56.1 Å². The van der Waals surface area contributed by atoms with Crippen LogP contribution in [0.1, 0.15) is 237 Å². The molecule has 37 nitrogen and oxygen atoms in total. The Morgan fingerprint density at radius 1 is 0.472 bits per heavy atom. The minimum Gasteiger partial charge on any atom is -0.449 e. The van der Waals surface area contributed by atoms with Crippen LogP contribution in [0.25, 0.3) is 0 Å². The van der Waals surface area contributed by atoms with Crippen LogP contribution in [0.15, 0.2) is 60.1 Å². The molecule has 0 radical (unpaired) electrons. The maximum absolute atomic E-state index is 12.6. The molecule has 0 saturated carbocycles. The highest BCUT2D eigenvalue weighted by molar-refractivity contribution is 7.09. The number of likely N-dealkylation sites (N-methyl/N-ethyl adjacent to an activating group) is 2. The van der Waals surface area contributed by atoms with E-state index in [0.29, 0.717) is 120 Å². The van der Waals surface area contributed by atoms with E-state index < -0.39 is 0 Å². The number of hydrogen-bond donors (Lipinski definition) is 6. The van der Waals surface area contributed by atoms with Crippen LogP contribution in [0.2, 0.25) is 0 Å². The number of likely N-dealkylation sites (tertiary alicyclic amines) is 1. The SMILES string of the molecule is CC(C)C1c2nc[nH]c2CCN1C(=O)OCC1(C)COC1.CC(C)C1c2nc[nH]c2CCN1C(=O)OCCN(C)C.CC(C)C1c2nc[nH]c2CCN1C(=O)OC[C@@H]1CCCN1C.CC(C)C1c2nc[nH]c2CCN1C(=O)OC[C@H]1CCCO1.CC(C)C1c2nc[nH]c2CCN1C(=O)OCc1nccs1.Cc1cc(COC(=O)N2CCc3[nH]cnc3C2C(C)C)no1. The van der Waals surface area contributed by atoms with Crippen molar-refractivity contribution in [1.29, 1.82) is 0 Å². The smallest absolute Gasteiger partial charge is 0.410 e. The lowest BCUT2D eigenvalue weighted by Gasteiger charge is -2.40. The number of H-pyrrole nitrogens is 6. The highest BCUT2D eigenvalue weighted by Crippen LogP contribution is 2.41. The molecule has 696 valence electrons. The number of fused-ring (bicyclic) bond motifs is 6. The van der Waals surface area contributed by atoms with E-state index in [4.69, 9.17) is 42.4 Å². The predicted octanol–water partition coefficient (Wildman–Crippen LogP) is 13.6. The Hall–Kier alpha value is -10.4. The summed E-state index contributed by atoms with van der Waals surface area (Å²) in [6.07, 6.45) is 19.5. The highest BCUT2D eigenvalue weighted by Gasteiger charge is 2.44. The summed E-state index contributed by atoms with van der Waals surface area (Å²) in [6.45, 7) is 39.0. The van der Waals surface area contributed by atoms with Crippen molar-refractivity contribution in [3.63, 3.8) is 0 Å². The van der Waals surface area contributed by atoms with Crippen molar-refractivity contribution < 1.29 is 71.2 Å². The van der Waals surface area contributed by atoms with Gasteiger partial charge in [-0.25, -0.2) is 63.7 Å². The van der Waals surface area contributed by atoms with Gasteiger partial charge in [0.15, 0.2) is 0 Å². The maximum atomic E-state index is 12.6. The minimum atomic E-state index is -0.340. The Kier molecular flexibility index (Phi) is 33.5. The van der Waals surface area contributed by atoms with Crippen molar-refractivity contribution in [1.82, 2.24) is 109 Å². The van der Waals surface area contributed by atoms with E-state index in [9.17, 15) is 28.8 Å². The van der Waals surface area contributed by atoms with Gasteiger partial charge in [-0.3, -0.25) is 29.4 Å². The van der Waals surface area contributed by atoms with Crippen molar-refractivity contribution >= 4 is 47.9 Å². The summed E-state index contributed by atoms with van der Waals surface area (Å²) in [4.78, 5) is 139. The first-order valence-electron chi connectivity index (χ1n) is 45.1. The fourth-order valence-corrected chi connectivity index (χ4v) is 18.6. The normalized spacial score (nSPS) is 21.4. The van der Waals surface area contributed by atoms with Gasteiger partial charge in [0.25, 0.3) is 0 Å². The lowest BCUT2D eigenvalue weighted by molar-refractivity contribution is -0.128. The molecule has 0 aliphatic carbocycles. The molecule has 38 heteroatoms. The molecular formula is C89H134N22O15S. The fraction of sp³-hybridized carbons (Fsp3) is 0.663. The number of aryl methyl sites for hydroxylation is 1. The average Bonchev–Trinajstić information content (AvgIpc) is 1.56.